The quantitative estimate of drug-likeness (QED) is 0.352. The molecule has 1 unspecified atom stereocenters. The van der Waals surface area contributed by atoms with Gasteiger partial charge in [-0.1, -0.05) is 12.1 Å². The molecule has 0 bridgehead atoms. The molecule has 1 atom stereocenters. The van der Waals surface area contributed by atoms with E-state index in [0.717, 1.165) is 70.6 Å². The van der Waals surface area contributed by atoms with E-state index in [1.807, 2.05) is 13.1 Å². The van der Waals surface area contributed by atoms with Crippen molar-refractivity contribution in [3.05, 3.63) is 18.0 Å². The van der Waals surface area contributed by atoms with Crippen LogP contribution in [-0.4, -0.2) is 109 Å². The molecule has 160 valence electrons. The lowest BCUT2D eigenvalue weighted by Gasteiger charge is -2.39. The van der Waals surface area contributed by atoms with Gasteiger partial charge >= 0.3 is 0 Å². The molecule has 2 aliphatic heterocycles. The maximum absolute atomic E-state index is 4.93. The van der Waals surface area contributed by atoms with Gasteiger partial charge in [0.05, 0.1) is 5.69 Å². The first-order valence-corrected chi connectivity index (χ1v) is 10.2. The minimum absolute atomic E-state index is 0. The van der Waals surface area contributed by atoms with Crippen molar-refractivity contribution in [2.24, 2.45) is 4.99 Å². The van der Waals surface area contributed by atoms with E-state index in [1.165, 1.54) is 13.1 Å². The topological polar surface area (TPSA) is 63.4 Å². The Morgan fingerprint density at radius 2 is 1.82 bits per heavy atom. The van der Waals surface area contributed by atoms with Gasteiger partial charge in [0.2, 0.25) is 0 Å². The summed E-state index contributed by atoms with van der Waals surface area (Å²) in [6.07, 6.45) is 1.64. The zero-order valence-corrected chi connectivity index (χ0v) is 19.8. The molecular weight excluding hydrogens is 469 g/mol. The predicted octanol–water partition coefficient (Wildman–Crippen LogP) is 1.01. The standard InChI is InChI=1S/C19H35N7O.HI/c1-4-23-6-10-25(11-7-23)17(2)15-21-19(20-3)26-12-8-24(9-13-26)16-18-5-14-27-22-18;/h5,14,17H,4,6-13,15-16H2,1-3H3,(H,20,21);1H. The number of likely N-dealkylation sites (N-methyl/N-ethyl adjacent to an activating group) is 1. The van der Waals surface area contributed by atoms with Crippen LogP contribution in [0.2, 0.25) is 0 Å². The van der Waals surface area contributed by atoms with Gasteiger partial charge in [-0.25, -0.2) is 0 Å². The number of nitrogens with zero attached hydrogens (tertiary/aromatic N) is 6. The van der Waals surface area contributed by atoms with E-state index in [4.69, 9.17) is 4.52 Å². The highest BCUT2D eigenvalue weighted by Crippen LogP contribution is 2.08. The molecule has 1 N–H and O–H groups in total. The van der Waals surface area contributed by atoms with Gasteiger partial charge in [0, 0.05) is 84.6 Å². The van der Waals surface area contributed by atoms with Crippen LogP contribution in [0.15, 0.2) is 21.8 Å². The molecule has 1 aromatic rings. The molecule has 0 aliphatic carbocycles. The second-order valence-electron chi connectivity index (χ2n) is 7.50. The molecule has 2 fully saturated rings. The number of piperazine rings is 2. The number of rotatable bonds is 6. The summed E-state index contributed by atoms with van der Waals surface area (Å²) in [5.74, 6) is 1.02. The van der Waals surface area contributed by atoms with Crippen LogP contribution in [0, 0.1) is 0 Å². The molecule has 2 aliphatic rings. The molecule has 3 rings (SSSR count). The molecular formula is C19H36IN7O. The first-order valence-electron chi connectivity index (χ1n) is 10.2. The van der Waals surface area contributed by atoms with Crippen molar-refractivity contribution < 1.29 is 4.52 Å². The monoisotopic (exact) mass is 505 g/mol. The molecule has 0 amide bonds. The summed E-state index contributed by atoms with van der Waals surface area (Å²) in [4.78, 5) is 14.4. The van der Waals surface area contributed by atoms with Gasteiger partial charge in [-0.15, -0.1) is 24.0 Å². The van der Waals surface area contributed by atoms with Crippen molar-refractivity contribution >= 4 is 29.9 Å². The minimum Gasteiger partial charge on any atom is -0.364 e. The Balaban J connectivity index is 0.00000280. The van der Waals surface area contributed by atoms with E-state index >= 15 is 0 Å². The second-order valence-corrected chi connectivity index (χ2v) is 7.50. The van der Waals surface area contributed by atoms with E-state index in [9.17, 15) is 0 Å². The average Bonchev–Trinajstić information content (AvgIpc) is 3.22. The Bertz CT molecular complexity index is 567. The summed E-state index contributed by atoms with van der Waals surface area (Å²) in [7, 11) is 1.88. The third-order valence-electron chi connectivity index (χ3n) is 5.79. The summed E-state index contributed by atoms with van der Waals surface area (Å²) in [5, 5.41) is 7.61. The lowest BCUT2D eigenvalue weighted by Crippen LogP contribution is -2.55. The fourth-order valence-electron chi connectivity index (χ4n) is 3.89. The van der Waals surface area contributed by atoms with Crippen molar-refractivity contribution in [2.75, 3.05) is 72.5 Å². The van der Waals surface area contributed by atoms with Gasteiger partial charge in [-0.2, -0.15) is 0 Å². The molecule has 2 saturated heterocycles. The number of nitrogens with one attached hydrogen (secondary N) is 1. The van der Waals surface area contributed by atoms with Crippen LogP contribution in [0.4, 0.5) is 0 Å². The van der Waals surface area contributed by atoms with Crippen molar-refractivity contribution in [3.8, 4) is 0 Å². The van der Waals surface area contributed by atoms with Crippen molar-refractivity contribution in [3.63, 3.8) is 0 Å². The second kappa shape index (κ2) is 11.9. The number of hydrogen-bond donors (Lipinski definition) is 1. The third kappa shape index (κ3) is 6.57. The minimum atomic E-state index is 0. The smallest absolute Gasteiger partial charge is 0.193 e. The first kappa shape index (κ1) is 23.4. The highest BCUT2D eigenvalue weighted by molar-refractivity contribution is 14.0. The van der Waals surface area contributed by atoms with Gasteiger partial charge in [0.15, 0.2) is 5.96 Å². The third-order valence-corrected chi connectivity index (χ3v) is 5.79. The number of hydrogen-bond acceptors (Lipinski definition) is 6. The molecule has 3 heterocycles. The van der Waals surface area contributed by atoms with Gasteiger partial charge in [-0.05, 0) is 13.5 Å². The number of guanidine groups is 1. The summed E-state index contributed by atoms with van der Waals surface area (Å²) in [5.41, 5.74) is 1.00. The van der Waals surface area contributed by atoms with Crippen LogP contribution in [0.1, 0.15) is 19.5 Å². The Labute approximate surface area is 186 Å². The summed E-state index contributed by atoms with van der Waals surface area (Å²) >= 11 is 0. The molecule has 28 heavy (non-hydrogen) atoms. The summed E-state index contributed by atoms with van der Waals surface area (Å²) < 4.78 is 4.93. The Morgan fingerprint density at radius 3 is 2.39 bits per heavy atom. The summed E-state index contributed by atoms with van der Waals surface area (Å²) in [6.45, 7) is 16.2. The fourth-order valence-corrected chi connectivity index (χ4v) is 3.89. The summed E-state index contributed by atoms with van der Waals surface area (Å²) in [6, 6.07) is 2.46. The zero-order valence-electron chi connectivity index (χ0n) is 17.5. The first-order chi connectivity index (χ1) is 13.2. The van der Waals surface area contributed by atoms with Crippen LogP contribution in [0.5, 0.6) is 0 Å². The lowest BCUT2D eigenvalue weighted by molar-refractivity contribution is 0.106. The van der Waals surface area contributed by atoms with Crippen LogP contribution in [0.25, 0.3) is 0 Å². The molecule has 0 aromatic carbocycles. The van der Waals surface area contributed by atoms with Crippen molar-refractivity contribution in [1.29, 1.82) is 0 Å². The maximum atomic E-state index is 4.93. The van der Waals surface area contributed by atoms with Crippen LogP contribution >= 0.6 is 24.0 Å². The Kier molecular flexibility index (Phi) is 9.96. The normalized spacial score (nSPS) is 21.4. The van der Waals surface area contributed by atoms with E-state index in [-0.39, 0.29) is 24.0 Å². The van der Waals surface area contributed by atoms with Gasteiger partial charge < -0.3 is 19.6 Å². The highest BCUT2D eigenvalue weighted by atomic mass is 127. The lowest BCUT2D eigenvalue weighted by atomic mass is 10.2. The molecule has 0 saturated carbocycles. The molecule has 0 radical (unpaired) electrons. The predicted molar refractivity (Wildman–Crippen MR) is 123 cm³/mol. The fraction of sp³-hybridized carbons (Fsp3) is 0.789. The average molecular weight is 505 g/mol. The van der Waals surface area contributed by atoms with Gasteiger partial charge in [0.1, 0.15) is 6.26 Å². The largest absolute Gasteiger partial charge is 0.364 e. The molecule has 1 aromatic heterocycles. The van der Waals surface area contributed by atoms with Gasteiger partial charge in [-0.3, -0.25) is 14.8 Å². The Morgan fingerprint density at radius 1 is 1.14 bits per heavy atom. The van der Waals surface area contributed by atoms with Crippen LogP contribution in [0.3, 0.4) is 0 Å². The van der Waals surface area contributed by atoms with E-state index in [2.05, 4.69) is 48.9 Å². The van der Waals surface area contributed by atoms with Crippen LogP contribution in [-0.2, 0) is 6.54 Å². The van der Waals surface area contributed by atoms with Crippen molar-refractivity contribution in [2.45, 2.75) is 26.4 Å². The number of aromatic nitrogens is 1. The maximum Gasteiger partial charge on any atom is 0.193 e. The SMILES string of the molecule is CCN1CCN(C(C)CNC(=NC)N2CCN(Cc3ccon3)CC2)CC1.I. The van der Waals surface area contributed by atoms with Crippen LogP contribution < -0.4 is 5.32 Å². The van der Waals surface area contributed by atoms with E-state index < -0.39 is 0 Å². The zero-order chi connectivity index (χ0) is 19.1. The molecule has 8 nitrogen and oxygen atoms in total. The van der Waals surface area contributed by atoms with E-state index in [1.54, 1.807) is 6.26 Å². The molecule has 0 spiro atoms. The van der Waals surface area contributed by atoms with Crippen molar-refractivity contribution in [1.82, 2.24) is 30.1 Å². The number of halogens is 1. The number of aliphatic imine (C=N–C) groups is 1. The van der Waals surface area contributed by atoms with E-state index in [0.29, 0.717) is 6.04 Å². The van der Waals surface area contributed by atoms with Gasteiger partial charge in [0.25, 0.3) is 0 Å². The Hall–Kier alpha value is -0.910. The highest BCUT2D eigenvalue weighted by Gasteiger charge is 2.23. The molecule has 9 heteroatoms.